The van der Waals surface area contributed by atoms with E-state index in [-0.39, 0.29) is 16.1 Å². The van der Waals surface area contributed by atoms with Crippen LogP contribution in [0.2, 0.25) is 10.0 Å². The van der Waals surface area contributed by atoms with E-state index in [1.807, 2.05) is 0 Å². The molecule has 3 rings (SSSR count). The topological polar surface area (TPSA) is 75.3 Å². The lowest BCUT2D eigenvalue weighted by molar-refractivity contribution is 0.102. The smallest absolute Gasteiger partial charge is 0.261 e. The van der Waals surface area contributed by atoms with Crippen molar-refractivity contribution in [1.82, 2.24) is 0 Å². The number of anilines is 2. The van der Waals surface area contributed by atoms with Crippen LogP contribution in [0.15, 0.2) is 77.7 Å². The van der Waals surface area contributed by atoms with E-state index in [0.717, 1.165) is 0 Å². The van der Waals surface area contributed by atoms with Crippen LogP contribution in [0.5, 0.6) is 0 Å². The van der Waals surface area contributed by atoms with Gasteiger partial charge in [0, 0.05) is 5.02 Å². The molecule has 1 amide bonds. The Morgan fingerprint density at radius 3 is 2.04 bits per heavy atom. The number of amides is 1. The molecular weight excluding hydrogens is 407 g/mol. The van der Waals surface area contributed by atoms with Gasteiger partial charge >= 0.3 is 0 Å². The summed E-state index contributed by atoms with van der Waals surface area (Å²) in [5.74, 6) is -0.488. The molecule has 2 N–H and O–H groups in total. The highest BCUT2D eigenvalue weighted by molar-refractivity contribution is 7.92. The van der Waals surface area contributed by atoms with E-state index in [9.17, 15) is 13.2 Å². The van der Waals surface area contributed by atoms with Crippen LogP contribution in [0.1, 0.15) is 10.4 Å². The van der Waals surface area contributed by atoms with Gasteiger partial charge in [-0.3, -0.25) is 9.52 Å². The SMILES string of the molecule is O=C(Nc1ccccc1Cl)c1ccccc1NS(=O)(=O)c1ccc(Cl)cc1. The molecule has 0 radical (unpaired) electrons. The Labute approximate surface area is 167 Å². The van der Waals surface area contributed by atoms with Crippen LogP contribution in [-0.4, -0.2) is 14.3 Å². The number of halogens is 2. The minimum atomic E-state index is -3.88. The van der Waals surface area contributed by atoms with Crippen LogP contribution >= 0.6 is 23.2 Å². The molecule has 0 spiro atoms. The fourth-order valence-electron chi connectivity index (χ4n) is 2.34. The third kappa shape index (κ3) is 4.60. The average Bonchev–Trinajstić information content (AvgIpc) is 2.64. The first-order chi connectivity index (χ1) is 12.9. The van der Waals surface area contributed by atoms with Crippen LogP contribution in [-0.2, 0) is 10.0 Å². The lowest BCUT2D eigenvalue weighted by atomic mass is 10.1. The van der Waals surface area contributed by atoms with Crippen molar-refractivity contribution >= 4 is 50.5 Å². The Morgan fingerprint density at radius 2 is 1.37 bits per heavy atom. The normalized spacial score (nSPS) is 11.0. The summed E-state index contributed by atoms with van der Waals surface area (Å²) in [6.45, 7) is 0. The van der Waals surface area contributed by atoms with Crippen molar-refractivity contribution in [1.29, 1.82) is 0 Å². The first kappa shape index (κ1) is 19.2. The first-order valence-corrected chi connectivity index (χ1v) is 10.0. The Kier molecular flexibility index (Phi) is 5.70. The highest BCUT2D eigenvalue weighted by Gasteiger charge is 2.19. The number of hydrogen-bond donors (Lipinski definition) is 2. The molecule has 27 heavy (non-hydrogen) atoms. The van der Waals surface area contributed by atoms with Crippen molar-refractivity contribution in [3.8, 4) is 0 Å². The highest BCUT2D eigenvalue weighted by Crippen LogP contribution is 2.25. The summed E-state index contributed by atoms with van der Waals surface area (Å²) < 4.78 is 27.6. The van der Waals surface area contributed by atoms with Crippen LogP contribution in [0, 0.1) is 0 Å². The zero-order valence-electron chi connectivity index (χ0n) is 13.8. The number of sulfonamides is 1. The third-order valence-corrected chi connectivity index (χ3v) is 5.62. The molecule has 0 heterocycles. The monoisotopic (exact) mass is 420 g/mol. The Morgan fingerprint density at radius 1 is 0.778 bits per heavy atom. The van der Waals surface area contributed by atoms with E-state index in [0.29, 0.717) is 15.7 Å². The second kappa shape index (κ2) is 8.00. The number of carbonyl (C=O) groups excluding carboxylic acids is 1. The number of para-hydroxylation sites is 2. The van der Waals surface area contributed by atoms with Crippen LogP contribution < -0.4 is 10.0 Å². The molecule has 0 bridgehead atoms. The molecule has 0 saturated heterocycles. The van der Waals surface area contributed by atoms with Gasteiger partial charge in [-0.1, -0.05) is 47.5 Å². The summed E-state index contributed by atoms with van der Waals surface area (Å²) in [6.07, 6.45) is 0. The molecule has 0 fully saturated rings. The fourth-order valence-corrected chi connectivity index (χ4v) is 3.73. The number of benzene rings is 3. The summed E-state index contributed by atoms with van der Waals surface area (Å²) in [7, 11) is -3.88. The lowest BCUT2D eigenvalue weighted by Crippen LogP contribution is -2.18. The van der Waals surface area contributed by atoms with Gasteiger partial charge in [0.1, 0.15) is 0 Å². The molecule has 0 aliphatic carbocycles. The summed E-state index contributed by atoms with van der Waals surface area (Å²) in [5.41, 5.74) is 0.742. The molecule has 3 aromatic rings. The predicted molar refractivity (Wildman–Crippen MR) is 108 cm³/mol. The molecule has 0 atom stereocenters. The van der Waals surface area contributed by atoms with E-state index >= 15 is 0 Å². The van der Waals surface area contributed by atoms with Crippen molar-refractivity contribution in [3.05, 3.63) is 88.4 Å². The molecule has 0 aliphatic rings. The molecular formula is C19H14Cl2N2O3S. The first-order valence-electron chi connectivity index (χ1n) is 7.80. The maximum atomic E-state index is 12.6. The quantitative estimate of drug-likeness (QED) is 0.606. The minimum absolute atomic E-state index is 0.0354. The van der Waals surface area contributed by atoms with Crippen molar-refractivity contribution in [3.63, 3.8) is 0 Å². The maximum absolute atomic E-state index is 12.6. The highest BCUT2D eigenvalue weighted by atomic mass is 35.5. The fraction of sp³-hybridized carbons (Fsp3) is 0. The van der Waals surface area contributed by atoms with Crippen LogP contribution in [0.4, 0.5) is 11.4 Å². The molecule has 5 nitrogen and oxygen atoms in total. The Balaban J connectivity index is 1.89. The number of carbonyl (C=O) groups is 1. The van der Waals surface area contributed by atoms with Crippen molar-refractivity contribution < 1.29 is 13.2 Å². The number of hydrogen-bond acceptors (Lipinski definition) is 3. The van der Waals surface area contributed by atoms with Gasteiger partial charge in [0.25, 0.3) is 15.9 Å². The predicted octanol–water partition coefficient (Wildman–Crippen LogP) is 5.05. The summed E-state index contributed by atoms with van der Waals surface area (Å²) in [5, 5.41) is 3.48. The lowest BCUT2D eigenvalue weighted by Gasteiger charge is -2.13. The minimum Gasteiger partial charge on any atom is -0.321 e. The van der Waals surface area contributed by atoms with Gasteiger partial charge in [0.05, 0.1) is 26.9 Å². The van der Waals surface area contributed by atoms with Gasteiger partial charge in [0.2, 0.25) is 0 Å². The van der Waals surface area contributed by atoms with Crippen molar-refractivity contribution in [2.24, 2.45) is 0 Å². The largest absolute Gasteiger partial charge is 0.321 e. The summed E-state index contributed by atoms with van der Waals surface area (Å²) in [4.78, 5) is 12.7. The van der Waals surface area contributed by atoms with Gasteiger partial charge in [-0.2, -0.15) is 0 Å². The van der Waals surface area contributed by atoms with E-state index in [1.165, 1.54) is 36.4 Å². The zero-order chi connectivity index (χ0) is 19.4. The Bertz CT molecular complexity index is 1080. The summed E-state index contributed by atoms with van der Waals surface area (Å²) >= 11 is 11.9. The third-order valence-electron chi connectivity index (χ3n) is 3.66. The van der Waals surface area contributed by atoms with E-state index in [4.69, 9.17) is 23.2 Å². The van der Waals surface area contributed by atoms with Crippen molar-refractivity contribution in [2.75, 3.05) is 10.0 Å². The molecule has 0 aliphatic heterocycles. The molecule has 3 aromatic carbocycles. The summed E-state index contributed by atoms with van der Waals surface area (Å²) in [6, 6.07) is 18.8. The van der Waals surface area contributed by atoms with E-state index < -0.39 is 15.9 Å². The molecule has 0 aromatic heterocycles. The second-order valence-corrected chi connectivity index (χ2v) is 8.07. The van der Waals surface area contributed by atoms with Gasteiger partial charge in [-0.25, -0.2) is 8.42 Å². The van der Waals surface area contributed by atoms with Gasteiger partial charge < -0.3 is 5.32 Å². The Hall–Kier alpha value is -2.54. The number of nitrogens with one attached hydrogen (secondary N) is 2. The average molecular weight is 421 g/mol. The standard InChI is InChI=1S/C19H14Cl2N2O3S/c20-13-9-11-14(12-10-13)27(25,26)23-17-7-3-1-5-15(17)19(24)22-18-8-4-2-6-16(18)21/h1-12,23H,(H,22,24). The van der Waals surface area contributed by atoms with E-state index in [2.05, 4.69) is 10.0 Å². The van der Waals surface area contributed by atoms with Crippen LogP contribution in [0.25, 0.3) is 0 Å². The molecule has 138 valence electrons. The second-order valence-electron chi connectivity index (χ2n) is 5.54. The van der Waals surface area contributed by atoms with Gasteiger partial charge in [-0.15, -0.1) is 0 Å². The number of rotatable bonds is 5. The maximum Gasteiger partial charge on any atom is 0.261 e. The molecule has 0 unspecified atom stereocenters. The van der Waals surface area contributed by atoms with Crippen molar-refractivity contribution in [2.45, 2.75) is 4.90 Å². The zero-order valence-corrected chi connectivity index (χ0v) is 16.1. The van der Waals surface area contributed by atoms with Crippen LogP contribution in [0.3, 0.4) is 0 Å². The van der Waals surface area contributed by atoms with Gasteiger partial charge in [0.15, 0.2) is 0 Å². The molecule has 0 saturated carbocycles. The van der Waals surface area contributed by atoms with Gasteiger partial charge in [-0.05, 0) is 48.5 Å². The van der Waals surface area contributed by atoms with E-state index in [1.54, 1.807) is 36.4 Å². The molecule has 8 heteroatoms.